The number of piperidine rings is 1. The van der Waals surface area contributed by atoms with Crippen LogP contribution in [0.25, 0.3) is 0 Å². The minimum Gasteiger partial charge on any atom is -0.466 e. The summed E-state index contributed by atoms with van der Waals surface area (Å²) in [7, 11) is 0. The summed E-state index contributed by atoms with van der Waals surface area (Å²) in [6.07, 6.45) is 1.34. The normalized spacial score (nSPS) is 17.2. The average Bonchev–Trinajstić information content (AvgIpc) is 2.60. The van der Waals surface area contributed by atoms with E-state index in [1.54, 1.807) is 25.1 Å². The number of hydrogen-bond acceptors (Lipinski definition) is 4. The number of nitrogens with one attached hydrogen (secondary N) is 1. The number of likely N-dealkylation sites (tertiary alicyclic amines) is 1. The summed E-state index contributed by atoms with van der Waals surface area (Å²) in [5, 5.41) is 3.11. The Morgan fingerprint density at radius 1 is 1.33 bits per heavy atom. The maximum absolute atomic E-state index is 12.3. The van der Waals surface area contributed by atoms with Gasteiger partial charge in [-0.1, -0.05) is 29.8 Å². The van der Waals surface area contributed by atoms with Crippen LogP contribution < -0.4 is 5.32 Å². The van der Waals surface area contributed by atoms with Crippen molar-refractivity contribution in [3.63, 3.8) is 0 Å². The van der Waals surface area contributed by atoms with Crippen LogP contribution in [0.15, 0.2) is 24.3 Å². The van der Waals surface area contributed by atoms with E-state index < -0.39 is 11.8 Å². The molecule has 0 aliphatic carbocycles. The fourth-order valence-electron chi connectivity index (χ4n) is 2.65. The lowest BCUT2D eigenvalue weighted by Gasteiger charge is -2.31. The molecule has 1 saturated heterocycles. The van der Waals surface area contributed by atoms with Gasteiger partial charge in [0.05, 0.1) is 12.5 Å². The largest absolute Gasteiger partial charge is 0.466 e. The number of rotatable bonds is 4. The molecule has 1 atom stereocenters. The van der Waals surface area contributed by atoms with Gasteiger partial charge in [-0.3, -0.25) is 14.4 Å². The molecule has 0 saturated carbocycles. The molecule has 0 radical (unpaired) electrons. The highest BCUT2D eigenvalue weighted by atomic mass is 35.5. The summed E-state index contributed by atoms with van der Waals surface area (Å²) in [5.41, 5.74) is 0.739. The summed E-state index contributed by atoms with van der Waals surface area (Å²) in [5.74, 6) is -2.00. The average molecular weight is 353 g/mol. The predicted molar refractivity (Wildman–Crippen MR) is 89.2 cm³/mol. The minimum absolute atomic E-state index is 0.180. The number of carbonyl (C=O) groups excluding carboxylic acids is 3. The van der Waals surface area contributed by atoms with Gasteiger partial charge in [0.1, 0.15) is 0 Å². The number of ether oxygens (including phenoxy) is 1. The lowest BCUT2D eigenvalue weighted by atomic mass is 9.98. The molecule has 2 rings (SSSR count). The molecule has 1 N–H and O–H groups in total. The Labute approximate surface area is 146 Å². The highest BCUT2D eigenvalue weighted by Gasteiger charge is 2.31. The molecule has 6 nitrogen and oxygen atoms in total. The Morgan fingerprint density at radius 2 is 2.08 bits per heavy atom. The first-order chi connectivity index (χ1) is 11.5. The van der Waals surface area contributed by atoms with Crippen LogP contribution in [0.1, 0.15) is 25.3 Å². The van der Waals surface area contributed by atoms with Crippen molar-refractivity contribution in [3.8, 4) is 0 Å². The van der Waals surface area contributed by atoms with Crippen molar-refractivity contribution in [2.45, 2.75) is 26.3 Å². The van der Waals surface area contributed by atoms with E-state index in [9.17, 15) is 14.4 Å². The first-order valence-corrected chi connectivity index (χ1v) is 8.37. The van der Waals surface area contributed by atoms with E-state index in [1.165, 1.54) is 4.90 Å². The molecule has 0 bridgehead atoms. The minimum atomic E-state index is -0.695. The van der Waals surface area contributed by atoms with Crippen LogP contribution in [0.4, 0.5) is 0 Å². The first kappa shape index (κ1) is 18.3. The topological polar surface area (TPSA) is 75.7 Å². The molecular formula is C17H21ClN2O4. The summed E-state index contributed by atoms with van der Waals surface area (Å²) < 4.78 is 5.00. The molecule has 1 unspecified atom stereocenters. The maximum Gasteiger partial charge on any atom is 0.311 e. The van der Waals surface area contributed by atoms with Gasteiger partial charge in [0, 0.05) is 24.7 Å². The number of hydrogen-bond donors (Lipinski definition) is 1. The van der Waals surface area contributed by atoms with E-state index in [0.717, 1.165) is 5.56 Å². The van der Waals surface area contributed by atoms with Crippen molar-refractivity contribution in [1.82, 2.24) is 10.2 Å². The summed E-state index contributed by atoms with van der Waals surface area (Å²) in [4.78, 5) is 37.5. The Morgan fingerprint density at radius 3 is 2.79 bits per heavy atom. The molecule has 24 heavy (non-hydrogen) atoms. The van der Waals surface area contributed by atoms with Crippen LogP contribution >= 0.6 is 11.6 Å². The van der Waals surface area contributed by atoms with Gasteiger partial charge in [-0.05, 0) is 31.4 Å². The zero-order valence-electron chi connectivity index (χ0n) is 13.6. The quantitative estimate of drug-likeness (QED) is 0.661. The highest BCUT2D eigenvalue weighted by Crippen LogP contribution is 2.18. The Kier molecular flexibility index (Phi) is 6.61. The number of nitrogens with zero attached hydrogens (tertiary/aromatic N) is 1. The van der Waals surface area contributed by atoms with Gasteiger partial charge in [-0.2, -0.15) is 0 Å². The zero-order valence-corrected chi connectivity index (χ0v) is 14.3. The lowest BCUT2D eigenvalue weighted by molar-refractivity contribution is -0.154. The molecule has 1 fully saturated rings. The summed E-state index contributed by atoms with van der Waals surface area (Å²) in [6.45, 7) is 2.91. The van der Waals surface area contributed by atoms with Crippen LogP contribution in [0.5, 0.6) is 0 Å². The van der Waals surface area contributed by atoms with E-state index in [0.29, 0.717) is 31.0 Å². The molecule has 1 heterocycles. The third-order valence-electron chi connectivity index (χ3n) is 3.92. The van der Waals surface area contributed by atoms with Gasteiger partial charge >= 0.3 is 17.8 Å². The molecule has 1 aromatic rings. The van der Waals surface area contributed by atoms with Crippen LogP contribution in [0.2, 0.25) is 5.02 Å². The smallest absolute Gasteiger partial charge is 0.311 e. The zero-order chi connectivity index (χ0) is 17.5. The molecule has 7 heteroatoms. The molecular weight excluding hydrogens is 332 g/mol. The molecule has 1 aliphatic heterocycles. The van der Waals surface area contributed by atoms with E-state index in [2.05, 4.69) is 5.32 Å². The Bertz CT molecular complexity index is 620. The first-order valence-electron chi connectivity index (χ1n) is 8.00. The second-order valence-electron chi connectivity index (χ2n) is 5.62. The van der Waals surface area contributed by atoms with Crippen molar-refractivity contribution >= 4 is 29.4 Å². The second-order valence-corrected chi connectivity index (χ2v) is 6.02. The Hall–Kier alpha value is -2.08. The molecule has 0 spiro atoms. The number of carbonyl (C=O) groups is 3. The van der Waals surface area contributed by atoms with Gasteiger partial charge in [-0.25, -0.2) is 0 Å². The fourth-order valence-corrected chi connectivity index (χ4v) is 2.85. The highest BCUT2D eigenvalue weighted by molar-refractivity contribution is 6.35. The van der Waals surface area contributed by atoms with Gasteiger partial charge in [0.2, 0.25) is 0 Å². The lowest BCUT2D eigenvalue weighted by Crippen LogP contribution is -2.48. The molecule has 1 aromatic carbocycles. The molecule has 1 aliphatic rings. The van der Waals surface area contributed by atoms with Crippen molar-refractivity contribution < 1.29 is 19.1 Å². The van der Waals surface area contributed by atoms with Crippen molar-refractivity contribution in [1.29, 1.82) is 0 Å². The number of halogens is 1. The summed E-state index contributed by atoms with van der Waals surface area (Å²) >= 11 is 6.02. The molecule has 0 aromatic heterocycles. The number of amides is 2. The predicted octanol–water partition coefficient (Wildman–Crippen LogP) is 1.76. The number of benzene rings is 1. The molecule has 130 valence electrons. The van der Waals surface area contributed by atoms with Crippen LogP contribution in [-0.2, 0) is 25.7 Å². The summed E-state index contributed by atoms with van der Waals surface area (Å²) in [6, 6.07) is 7.11. The fraction of sp³-hybridized carbons (Fsp3) is 0.471. The van der Waals surface area contributed by atoms with Crippen molar-refractivity contribution in [3.05, 3.63) is 34.9 Å². The van der Waals surface area contributed by atoms with Crippen LogP contribution in [-0.4, -0.2) is 42.4 Å². The third-order valence-corrected chi connectivity index (χ3v) is 4.29. The maximum atomic E-state index is 12.3. The van der Waals surface area contributed by atoms with E-state index in [-0.39, 0.29) is 25.0 Å². The van der Waals surface area contributed by atoms with Crippen LogP contribution in [0.3, 0.4) is 0 Å². The van der Waals surface area contributed by atoms with Gasteiger partial charge in [0.25, 0.3) is 0 Å². The van der Waals surface area contributed by atoms with Gasteiger partial charge < -0.3 is 15.0 Å². The molecule has 2 amide bonds. The van der Waals surface area contributed by atoms with E-state index in [1.807, 2.05) is 6.07 Å². The van der Waals surface area contributed by atoms with Gasteiger partial charge in [0.15, 0.2) is 0 Å². The van der Waals surface area contributed by atoms with E-state index in [4.69, 9.17) is 16.3 Å². The second kappa shape index (κ2) is 8.68. The van der Waals surface area contributed by atoms with Crippen molar-refractivity contribution in [2.75, 3.05) is 19.7 Å². The Balaban J connectivity index is 1.89. The number of esters is 1. The third kappa shape index (κ3) is 4.71. The SMILES string of the molecule is CCOC(=O)C1CCCN(C(=O)C(=O)NCc2ccccc2Cl)C1. The van der Waals surface area contributed by atoms with Crippen LogP contribution in [0, 0.1) is 5.92 Å². The van der Waals surface area contributed by atoms with E-state index >= 15 is 0 Å². The monoisotopic (exact) mass is 352 g/mol. The van der Waals surface area contributed by atoms with Gasteiger partial charge in [-0.15, -0.1) is 0 Å². The van der Waals surface area contributed by atoms with Crippen molar-refractivity contribution in [2.24, 2.45) is 5.92 Å². The standard InChI is InChI=1S/C17H21ClN2O4/c1-2-24-17(23)13-7-5-9-20(11-13)16(22)15(21)19-10-12-6-3-4-8-14(12)18/h3-4,6,8,13H,2,5,7,9-11H2,1H3,(H,19,21).